The minimum absolute atomic E-state index is 0.0734. The van der Waals surface area contributed by atoms with Crippen LogP contribution in [0.3, 0.4) is 0 Å². The molecule has 1 aromatic heterocycles. The van der Waals surface area contributed by atoms with E-state index in [4.69, 9.17) is 10.5 Å². The highest BCUT2D eigenvalue weighted by molar-refractivity contribution is 5.69. The van der Waals surface area contributed by atoms with Crippen LogP contribution in [0.15, 0.2) is 66.7 Å². The molecule has 1 heterocycles. The van der Waals surface area contributed by atoms with Gasteiger partial charge in [-0.25, -0.2) is 4.68 Å². The van der Waals surface area contributed by atoms with Gasteiger partial charge in [0, 0.05) is 11.1 Å². The van der Waals surface area contributed by atoms with Crippen molar-refractivity contribution in [1.82, 2.24) is 9.78 Å². The molecule has 0 saturated carbocycles. The lowest BCUT2D eigenvalue weighted by Gasteiger charge is -2.12. The Morgan fingerprint density at radius 2 is 1.58 bits per heavy atom. The van der Waals surface area contributed by atoms with Crippen LogP contribution in [0.1, 0.15) is 6.42 Å². The average molecular weight is 319 g/mol. The van der Waals surface area contributed by atoms with Crippen molar-refractivity contribution in [2.24, 2.45) is 0 Å². The van der Waals surface area contributed by atoms with Crippen molar-refractivity contribution in [3.63, 3.8) is 0 Å². The largest absolute Gasteiger partial charge is 0.481 e. The molecule has 0 saturated heterocycles. The first-order valence-corrected chi connectivity index (χ1v) is 7.64. The summed E-state index contributed by atoms with van der Waals surface area (Å²) in [5.41, 5.74) is 3.50. The second-order valence-corrected chi connectivity index (χ2v) is 5.39. The number of hydrogen-bond donors (Lipinski definition) is 2. The van der Waals surface area contributed by atoms with Crippen molar-refractivity contribution >= 4 is 5.97 Å². The second-order valence-electron chi connectivity index (χ2n) is 5.39. The van der Waals surface area contributed by atoms with Crippen LogP contribution in [0, 0.1) is 5.41 Å². The quantitative estimate of drug-likeness (QED) is 0.758. The predicted molar refractivity (Wildman–Crippen MR) is 91.2 cm³/mol. The topological polar surface area (TPSA) is 79.0 Å². The van der Waals surface area contributed by atoms with Crippen LogP contribution >= 0.6 is 0 Å². The fraction of sp³-hybridized carbons (Fsp3) is 0.105. The van der Waals surface area contributed by atoms with Crippen LogP contribution in [-0.4, -0.2) is 20.9 Å². The lowest BCUT2D eigenvalue weighted by atomic mass is 10.0. The highest BCUT2D eigenvalue weighted by atomic mass is 16.4. The van der Waals surface area contributed by atoms with E-state index in [1.54, 1.807) is 0 Å². The van der Waals surface area contributed by atoms with Gasteiger partial charge in [-0.1, -0.05) is 60.7 Å². The summed E-state index contributed by atoms with van der Waals surface area (Å²) >= 11 is 0. The molecular formula is C19H17N3O2. The summed E-state index contributed by atoms with van der Waals surface area (Å²) in [6.07, 6.45) is -0.0734. The third-order valence-electron chi connectivity index (χ3n) is 3.71. The molecule has 0 bridgehead atoms. The molecule has 5 heteroatoms. The first-order valence-electron chi connectivity index (χ1n) is 7.64. The monoisotopic (exact) mass is 319 g/mol. The average Bonchev–Trinajstić information content (AvgIpc) is 2.62. The van der Waals surface area contributed by atoms with E-state index in [1.807, 2.05) is 66.7 Å². The smallest absolute Gasteiger partial charge is 0.305 e. The first-order chi connectivity index (χ1) is 11.6. The van der Waals surface area contributed by atoms with E-state index in [0.717, 1.165) is 22.4 Å². The van der Waals surface area contributed by atoms with Crippen LogP contribution in [0.5, 0.6) is 0 Å². The fourth-order valence-electron chi connectivity index (χ4n) is 2.50. The number of carbonyl (C=O) groups is 1. The number of aliphatic carboxylic acids is 1. The molecule has 0 atom stereocenters. The number of carboxylic acids is 1. The molecule has 2 N–H and O–H groups in total. The number of rotatable bonds is 5. The predicted octanol–water partition coefficient (Wildman–Crippen LogP) is 3.17. The lowest BCUT2D eigenvalue weighted by Crippen LogP contribution is -2.26. The maximum atomic E-state index is 10.9. The zero-order valence-electron chi connectivity index (χ0n) is 13.0. The Morgan fingerprint density at radius 3 is 2.17 bits per heavy atom. The summed E-state index contributed by atoms with van der Waals surface area (Å²) in [6.45, 7) is 0.161. The van der Waals surface area contributed by atoms with Gasteiger partial charge in [0.2, 0.25) is 0 Å². The van der Waals surface area contributed by atoms with Crippen molar-refractivity contribution in [3.8, 4) is 22.4 Å². The van der Waals surface area contributed by atoms with Gasteiger partial charge in [0.05, 0.1) is 18.7 Å². The van der Waals surface area contributed by atoms with Crippen molar-refractivity contribution in [1.29, 1.82) is 5.41 Å². The Hall–Kier alpha value is -3.21. The van der Waals surface area contributed by atoms with E-state index in [2.05, 4.69) is 5.10 Å². The summed E-state index contributed by atoms with van der Waals surface area (Å²) in [6, 6.07) is 21.2. The Kier molecular flexibility index (Phi) is 4.52. The number of aromatic nitrogens is 2. The van der Waals surface area contributed by atoms with Crippen molar-refractivity contribution in [2.45, 2.75) is 13.0 Å². The molecule has 0 fully saturated rings. The van der Waals surface area contributed by atoms with Gasteiger partial charge in [-0.15, -0.1) is 0 Å². The van der Waals surface area contributed by atoms with Crippen LogP contribution in [-0.2, 0) is 11.3 Å². The summed E-state index contributed by atoms with van der Waals surface area (Å²) in [4.78, 5) is 10.9. The van der Waals surface area contributed by atoms with Crippen LogP contribution in [0.4, 0.5) is 0 Å². The number of nitrogens with one attached hydrogen (secondary N) is 1. The molecule has 0 aliphatic rings. The Balaban J connectivity index is 2.15. The number of nitrogens with zero attached hydrogens (tertiary/aromatic N) is 2. The number of hydrogen-bond acceptors (Lipinski definition) is 3. The molecule has 120 valence electrons. The molecule has 24 heavy (non-hydrogen) atoms. The molecule has 5 nitrogen and oxygen atoms in total. The van der Waals surface area contributed by atoms with E-state index in [9.17, 15) is 4.79 Å². The van der Waals surface area contributed by atoms with Crippen molar-refractivity contribution in [3.05, 3.63) is 72.2 Å². The van der Waals surface area contributed by atoms with Gasteiger partial charge in [-0.3, -0.25) is 10.2 Å². The van der Waals surface area contributed by atoms with Crippen molar-refractivity contribution < 1.29 is 9.90 Å². The van der Waals surface area contributed by atoms with Gasteiger partial charge in [-0.05, 0) is 11.6 Å². The van der Waals surface area contributed by atoms with Crippen molar-refractivity contribution in [2.75, 3.05) is 0 Å². The molecule has 0 amide bonds. The van der Waals surface area contributed by atoms with E-state index >= 15 is 0 Å². The Labute approximate surface area is 139 Å². The second kappa shape index (κ2) is 6.91. The van der Waals surface area contributed by atoms with E-state index in [0.29, 0.717) is 0 Å². The minimum atomic E-state index is -0.907. The molecule has 0 aliphatic carbocycles. The summed E-state index contributed by atoms with van der Waals surface area (Å²) < 4.78 is 1.46. The molecule has 2 aromatic carbocycles. The molecule has 3 rings (SSSR count). The summed E-state index contributed by atoms with van der Waals surface area (Å²) in [5.74, 6) is -0.907. The maximum Gasteiger partial charge on any atom is 0.305 e. The van der Waals surface area contributed by atoms with Gasteiger partial charge in [0.25, 0.3) is 0 Å². The van der Waals surface area contributed by atoms with Gasteiger partial charge >= 0.3 is 5.97 Å². The molecule has 3 aromatic rings. The van der Waals surface area contributed by atoms with E-state index in [1.165, 1.54) is 4.68 Å². The third-order valence-corrected chi connectivity index (χ3v) is 3.71. The van der Waals surface area contributed by atoms with Gasteiger partial charge in [0.15, 0.2) is 0 Å². The number of benzene rings is 2. The summed E-state index contributed by atoms with van der Waals surface area (Å²) in [7, 11) is 0. The molecular weight excluding hydrogens is 302 g/mol. The molecule has 0 unspecified atom stereocenters. The standard InChI is InChI=1S/C19H17N3O2/c20-19-16(14-7-3-1-4-8-14)13-17(15-9-5-2-6-10-15)21-22(19)12-11-18(23)24/h1-10,13,20H,11-12H2,(H,23,24). The van der Waals surface area contributed by atoms with Crippen LogP contribution in [0.2, 0.25) is 0 Å². The van der Waals surface area contributed by atoms with Crippen LogP contribution < -0.4 is 5.49 Å². The van der Waals surface area contributed by atoms with Crippen LogP contribution in [0.25, 0.3) is 22.4 Å². The Bertz CT molecular complexity index is 903. The van der Waals surface area contributed by atoms with Gasteiger partial charge < -0.3 is 5.11 Å². The minimum Gasteiger partial charge on any atom is -0.481 e. The first kappa shape index (κ1) is 15.7. The molecule has 0 radical (unpaired) electrons. The zero-order valence-corrected chi connectivity index (χ0v) is 13.0. The number of aryl methyl sites for hydroxylation is 1. The summed E-state index contributed by atoms with van der Waals surface area (Å²) in [5, 5.41) is 21.8. The van der Waals surface area contributed by atoms with E-state index in [-0.39, 0.29) is 18.5 Å². The van der Waals surface area contributed by atoms with Gasteiger partial charge in [-0.2, -0.15) is 5.10 Å². The highest BCUT2D eigenvalue weighted by Crippen LogP contribution is 2.21. The maximum absolute atomic E-state index is 10.9. The lowest BCUT2D eigenvalue weighted by molar-refractivity contribution is -0.137. The normalized spacial score (nSPS) is 10.5. The van der Waals surface area contributed by atoms with E-state index < -0.39 is 5.97 Å². The van der Waals surface area contributed by atoms with Gasteiger partial charge in [0.1, 0.15) is 5.49 Å². The fourth-order valence-corrected chi connectivity index (χ4v) is 2.50. The molecule has 0 spiro atoms. The number of carboxylic acid groups (broad SMARTS) is 1. The highest BCUT2D eigenvalue weighted by Gasteiger charge is 2.10. The Morgan fingerprint density at radius 1 is 1.00 bits per heavy atom. The molecule has 0 aliphatic heterocycles. The third kappa shape index (κ3) is 3.41. The zero-order chi connectivity index (χ0) is 16.9. The SMILES string of the molecule is N=c1c(-c2ccccc2)cc(-c2ccccc2)nn1CCC(=O)O.